The third kappa shape index (κ3) is 3.16. The van der Waals surface area contributed by atoms with Gasteiger partial charge in [0.15, 0.2) is 5.82 Å². The minimum absolute atomic E-state index is 0.0646. The van der Waals surface area contributed by atoms with Gasteiger partial charge in [0, 0.05) is 11.8 Å². The zero-order chi connectivity index (χ0) is 13.8. The molecule has 0 aliphatic rings. The summed E-state index contributed by atoms with van der Waals surface area (Å²) in [7, 11) is 0. The zero-order valence-corrected chi connectivity index (χ0v) is 10.8. The molecule has 4 heteroatoms. The first-order valence-electron chi connectivity index (χ1n) is 6.00. The molecule has 0 aliphatic heterocycles. The number of ketones is 1. The third-order valence-corrected chi connectivity index (χ3v) is 2.46. The Morgan fingerprint density at radius 1 is 1.21 bits per heavy atom. The first-order chi connectivity index (χ1) is 9.08. The van der Waals surface area contributed by atoms with Gasteiger partial charge >= 0.3 is 0 Å². The molecule has 0 amide bonds. The van der Waals surface area contributed by atoms with Gasteiger partial charge in [-0.3, -0.25) is 4.79 Å². The molecule has 0 radical (unpaired) electrons. The fourth-order valence-corrected chi connectivity index (χ4v) is 1.65. The van der Waals surface area contributed by atoms with Crippen LogP contribution in [0.15, 0.2) is 42.6 Å². The van der Waals surface area contributed by atoms with Gasteiger partial charge in [0.05, 0.1) is 6.10 Å². The lowest BCUT2D eigenvalue weighted by molar-refractivity contribution is 0.103. The molecule has 0 bridgehead atoms. The molecule has 1 heterocycles. The van der Waals surface area contributed by atoms with E-state index in [4.69, 9.17) is 4.74 Å². The maximum absolute atomic E-state index is 13.5. The van der Waals surface area contributed by atoms with Crippen molar-refractivity contribution >= 4 is 5.78 Å². The lowest BCUT2D eigenvalue weighted by atomic mass is 10.1. The summed E-state index contributed by atoms with van der Waals surface area (Å²) in [5, 5.41) is 0. The first-order valence-corrected chi connectivity index (χ1v) is 6.00. The summed E-state index contributed by atoms with van der Waals surface area (Å²) in [4.78, 5) is 15.8. The van der Waals surface area contributed by atoms with E-state index in [2.05, 4.69) is 4.98 Å². The summed E-state index contributed by atoms with van der Waals surface area (Å²) >= 11 is 0. The molecular weight excluding hydrogens is 245 g/mol. The number of nitrogens with zero attached hydrogens (tertiary/aromatic N) is 1. The van der Waals surface area contributed by atoms with E-state index in [1.54, 1.807) is 24.3 Å². The smallest absolute Gasteiger partial charge is 0.214 e. The number of benzene rings is 1. The zero-order valence-electron chi connectivity index (χ0n) is 10.8. The fraction of sp³-hybridized carbons (Fsp3) is 0.200. The highest BCUT2D eigenvalue weighted by atomic mass is 19.1. The van der Waals surface area contributed by atoms with Gasteiger partial charge in [-0.05, 0) is 50.2 Å². The standard InChI is InChI=1S/C15H14FNO2/c1-10(2)19-12-7-5-11(6-8-12)15(18)14-13(16)4-3-9-17-14/h3-10H,1-2H3. The molecule has 0 saturated carbocycles. The lowest BCUT2D eigenvalue weighted by Gasteiger charge is -2.09. The molecule has 19 heavy (non-hydrogen) atoms. The van der Waals surface area contributed by atoms with E-state index < -0.39 is 11.6 Å². The second-order valence-electron chi connectivity index (χ2n) is 4.35. The van der Waals surface area contributed by atoms with Crippen LogP contribution < -0.4 is 4.74 Å². The van der Waals surface area contributed by atoms with Crippen molar-refractivity contribution in [2.45, 2.75) is 20.0 Å². The summed E-state index contributed by atoms with van der Waals surface area (Å²) in [6.45, 7) is 3.84. The Hall–Kier alpha value is -2.23. The van der Waals surface area contributed by atoms with Crippen LogP contribution >= 0.6 is 0 Å². The summed E-state index contributed by atoms with van der Waals surface area (Å²) in [6, 6.07) is 9.26. The van der Waals surface area contributed by atoms with Crippen LogP contribution in [0.1, 0.15) is 29.9 Å². The molecule has 98 valence electrons. The van der Waals surface area contributed by atoms with Crippen molar-refractivity contribution in [3.8, 4) is 5.75 Å². The van der Waals surface area contributed by atoms with Gasteiger partial charge < -0.3 is 4.74 Å². The predicted octanol–water partition coefficient (Wildman–Crippen LogP) is 3.24. The Morgan fingerprint density at radius 2 is 1.89 bits per heavy atom. The Morgan fingerprint density at radius 3 is 2.47 bits per heavy atom. The minimum atomic E-state index is -0.616. The summed E-state index contributed by atoms with van der Waals surface area (Å²) < 4.78 is 18.9. The summed E-state index contributed by atoms with van der Waals surface area (Å²) in [5.74, 6) is -0.378. The van der Waals surface area contributed by atoms with Gasteiger partial charge in [-0.2, -0.15) is 0 Å². The number of carbonyl (C=O) groups is 1. The van der Waals surface area contributed by atoms with Crippen LogP contribution in [0.5, 0.6) is 5.75 Å². The molecule has 0 atom stereocenters. The summed E-state index contributed by atoms with van der Waals surface area (Å²) in [5.41, 5.74) is 0.216. The maximum atomic E-state index is 13.5. The molecule has 3 nitrogen and oxygen atoms in total. The second kappa shape index (κ2) is 5.61. The van der Waals surface area contributed by atoms with Gasteiger partial charge in [-0.15, -0.1) is 0 Å². The van der Waals surface area contributed by atoms with Crippen LogP contribution in [0.3, 0.4) is 0 Å². The Labute approximate surface area is 111 Å². The average Bonchev–Trinajstić information content (AvgIpc) is 2.39. The van der Waals surface area contributed by atoms with Crippen molar-refractivity contribution in [1.29, 1.82) is 0 Å². The molecule has 0 N–H and O–H groups in total. The summed E-state index contributed by atoms with van der Waals surface area (Å²) in [6.07, 6.45) is 1.46. The van der Waals surface area contributed by atoms with Gasteiger partial charge in [-0.1, -0.05) is 0 Å². The number of aromatic nitrogens is 1. The van der Waals surface area contributed by atoms with Crippen molar-refractivity contribution in [3.63, 3.8) is 0 Å². The van der Waals surface area contributed by atoms with Gasteiger partial charge in [-0.25, -0.2) is 9.37 Å². The van der Waals surface area contributed by atoms with E-state index in [0.717, 1.165) is 0 Å². The predicted molar refractivity (Wildman–Crippen MR) is 69.8 cm³/mol. The Bertz CT molecular complexity index is 579. The van der Waals surface area contributed by atoms with Crippen LogP contribution in [0, 0.1) is 5.82 Å². The number of carbonyl (C=O) groups excluding carboxylic acids is 1. The fourth-order valence-electron chi connectivity index (χ4n) is 1.65. The van der Waals surface area contributed by atoms with Crippen LogP contribution in [0.4, 0.5) is 4.39 Å². The average molecular weight is 259 g/mol. The topological polar surface area (TPSA) is 39.2 Å². The van der Waals surface area contributed by atoms with Gasteiger partial charge in [0.2, 0.25) is 5.78 Å². The second-order valence-corrected chi connectivity index (χ2v) is 4.35. The van der Waals surface area contributed by atoms with E-state index in [-0.39, 0.29) is 11.8 Å². The molecular formula is C15H14FNO2. The molecule has 0 saturated heterocycles. The number of ether oxygens (including phenoxy) is 1. The molecule has 1 aromatic heterocycles. The highest BCUT2D eigenvalue weighted by Gasteiger charge is 2.15. The molecule has 1 aromatic carbocycles. The van der Waals surface area contributed by atoms with E-state index in [9.17, 15) is 9.18 Å². The van der Waals surface area contributed by atoms with Gasteiger partial charge in [0.25, 0.3) is 0 Å². The number of halogens is 1. The minimum Gasteiger partial charge on any atom is -0.491 e. The molecule has 2 aromatic rings. The molecule has 0 spiro atoms. The molecule has 0 aliphatic carbocycles. The first kappa shape index (κ1) is 13.2. The van der Waals surface area contributed by atoms with Crippen molar-refractivity contribution in [2.24, 2.45) is 0 Å². The van der Waals surface area contributed by atoms with E-state index in [1.807, 2.05) is 13.8 Å². The Balaban J connectivity index is 2.23. The van der Waals surface area contributed by atoms with Gasteiger partial charge in [0.1, 0.15) is 11.4 Å². The van der Waals surface area contributed by atoms with E-state index in [1.165, 1.54) is 18.3 Å². The molecule has 0 fully saturated rings. The van der Waals surface area contributed by atoms with Crippen LogP contribution in [0.25, 0.3) is 0 Å². The van der Waals surface area contributed by atoms with Crippen molar-refractivity contribution in [1.82, 2.24) is 4.98 Å². The number of pyridine rings is 1. The highest BCUT2D eigenvalue weighted by molar-refractivity contribution is 6.07. The van der Waals surface area contributed by atoms with Crippen LogP contribution in [-0.4, -0.2) is 16.9 Å². The van der Waals surface area contributed by atoms with E-state index >= 15 is 0 Å². The Kier molecular flexibility index (Phi) is 3.90. The maximum Gasteiger partial charge on any atom is 0.214 e. The highest BCUT2D eigenvalue weighted by Crippen LogP contribution is 2.16. The van der Waals surface area contributed by atoms with Crippen molar-refractivity contribution in [3.05, 3.63) is 59.7 Å². The molecule has 0 unspecified atom stereocenters. The largest absolute Gasteiger partial charge is 0.491 e. The monoisotopic (exact) mass is 259 g/mol. The SMILES string of the molecule is CC(C)Oc1ccc(C(=O)c2ncccc2F)cc1. The van der Waals surface area contributed by atoms with Crippen molar-refractivity contribution < 1.29 is 13.9 Å². The lowest BCUT2D eigenvalue weighted by Crippen LogP contribution is -2.08. The quantitative estimate of drug-likeness (QED) is 0.791. The number of rotatable bonds is 4. The third-order valence-electron chi connectivity index (χ3n) is 2.46. The normalized spacial score (nSPS) is 10.5. The van der Waals surface area contributed by atoms with Crippen LogP contribution in [0.2, 0.25) is 0 Å². The number of hydrogen-bond acceptors (Lipinski definition) is 3. The number of hydrogen-bond donors (Lipinski definition) is 0. The molecule has 2 rings (SSSR count). The van der Waals surface area contributed by atoms with Crippen LogP contribution in [-0.2, 0) is 0 Å². The van der Waals surface area contributed by atoms with Crippen molar-refractivity contribution in [2.75, 3.05) is 0 Å². The van der Waals surface area contributed by atoms with E-state index in [0.29, 0.717) is 11.3 Å².